The summed E-state index contributed by atoms with van der Waals surface area (Å²) in [7, 11) is 0. The smallest absolute Gasteiger partial charge is 0.288 e. The van der Waals surface area contributed by atoms with Crippen molar-refractivity contribution in [2.75, 3.05) is 5.32 Å². The van der Waals surface area contributed by atoms with Crippen LogP contribution in [0.3, 0.4) is 0 Å². The summed E-state index contributed by atoms with van der Waals surface area (Å²) in [5, 5.41) is 7.16. The summed E-state index contributed by atoms with van der Waals surface area (Å²) in [5.74, 6) is -0.745. The van der Waals surface area contributed by atoms with E-state index in [4.69, 9.17) is 12.2 Å². The van der Waals surface area contributed by atoms with Crippen LogP contribution >= 0.6 is 24.0 Å². The van der Waals surface area contributed by atoms with E-state index in [-0.39, 0.29) is 0 Å². The van der Waals surface area contributed by atoms with E-state index in [1.807, 2.05) is 0 Å². The van der Waals surface area contributed by atoms with Crippen molar-refractivity contribution in [1.82, 2.24) is 5.32 Å². The lowest BCUT2D eigenvalue weighted by atomic mass is 9.96. The summed E-state index contributed by atoms with van der Waals surface area (Å²) in [6.45, 7) is 0. The molecule has 1 aromatic rings. The molecule has 2 N–H and O–H groups in total. The van der Waals surface area contributed by atoms with E-state index in [0.29, 0.717) is 27.8 Å². The van der Waals surface area contributed by atoms with E-state index in [0.717, 1.165) is 17.5 Å². The molecule has 2 saturated carbocycles. The van der Waals surface area contributed by atoms with Crippen molar-refractivity contribution in [3.05, 3.63) is 24.3 Å². The molecular formula is C15H18F2N2S2. The lowest BCUT2D eigenvalue weighted by molar-refractivity contribution is 0.252. The molecule has 3 atom stereocenters. The molecular weight excluding hydrogens is 310 g/mol. The van der Waals surface area contributed by atoms with Crippen LogP contribution in [0.1, 0.15) is 25.7 Å². The van der Waals surface area contributed by atoms with Crippen LogP contribution in [-0.4, -0.2) is 16.9 Å². The average Bonchev–Trinajstić information content (AvgIpc) is 3.02. The Balaban J connectivity index is 1.50. The molecule has 0 unspecified atom stereocenters. The van der Waals surface area contributed by atoms with E-state index < -0.39 is 5.76 Å². The molecule has 114 valence electrons. The number of hydrogen-bond donors (Lipinski definition) is 2. The van der Waals surface area contributed by atoms with E-state index >= 15 is 0 Å². The van der Waals surface area contributed by atoms with E-state index in [9.17, 15) is 8.78 Å². The largest absolute Gasteiger partial charge is 0.359 e. The van der Waals surface area contributed by atoms with Gasteiger partial charge in [0.1, 0.15) is 0 Å². The van der Waals surface area contributed by atoms with E-state index in [1.165, 1.54) is 25.7 Å². The highest BCUT2D eigenvalue weighted by Gasteiger charge is 2.39. The van der Waals surface area contributed by atoms with Gasteiger partial charge in [0.05, 0.1) is 0 Å². The molecule has 21 heavy (non-hydrogen) atoms. The van der Waals surface area contributed by atoms with Gasteiger partial charge in [-0.25, -0.2) is 0 Å². The molecule has 2 fully saturated rings. The number of anilines is 1. The Morgan fingerprint density at radius 3 is 2.52 bits per heavy atom. The number of rotatable bonds is 4. The van der Waals surface area contributed by atoms with Gasteiger partial charge in [0.25, 0.3) is 5.76 Å². The molecule has 0 heterocycles. The van der Waals surface area contributed by atoms with Gasteiger partial charge < -0.3 is 10.6 Å². The normalized spacial score (nSPS) is 27.1. The van der Waals surface area contributed by atoms with Crippen LogP contribution in [-0.2, 0) is 0 Å². The molecule has 2 nitrogen and oxygen atoms in total. The summed E-state index contributed by atoms with van der Waals surface area (Å²) >= 11 is 5.89. The maximum atomic E-state index is 12.2. The molecule has 3 rings (SSSR count). The number of fused-ring (bicyclic) bond motifs is 2. The molecule has 0 aromatic heterocycles. The van der Waals surface area contributed by atoms with Crippen molar-refractivity contribution in [2.24, 2.45) is 11.8 Å². The number of hydrogen-bond acceptors (Lipinski definition) is 2. The first-order valence-corrected chi connectivity index (χ1v) is 8.51. The topological polar surface area (TPSA) is 24.1 Å². The highest BCUT2D eigenvalue weighted by molar-refractivity contribution is 7.99. The fourth-order valence-corrected chi connectivity index (χ4v) is 4.24. The second kappa shape index (κ2) is 6.48. The van der Waals surface area contributed by atoms with Gasteiger partial charge in [0.2, 0.25) is 0 Å². The minimum absolute atomic E-state index is 0.498. The monoisotopic (exact) mass is 328 g/mol. The Morgan fingerprint density at radius 1 is 1.19 bits per heavy atom. The Kier molecular flexibility index (Phi) is 4.64. The van der Waals surface area contributed by atoms with Crippen LogP contribution < -0.4 is 10.6 Å². The van der Waals surface area contributed by atoms with E-state index in [1.54, 1.807) is 24.3 Å². The summed E-state index contributed by atoms with van der Waals surface area (Å²) < 4.78 is 24.5. The highest BCUT2D eigenvalue weighted by Crippen LogP contribution is 2.44. The SMILES string of the molecule is FC(F)Sc1ccc(NC(=S)N[C@H]2C[C@@H]3CC[C@@H]2C3)cc1. The van der Waals surface area contributed by atoms with Crippen LogP contribution in [0.5, 0.6) is 0 Å². The Hall–Kier alpha value is -0.880. The maximum Gasteiger partial charge on any atom is 0.288 e. The Morgan fingerprint density at radius 2 is 1.95 bits per heavy atom. The Labute approximate surface area is 133 Å². The number of alkyl halides is 2. The van der Waals surface area contributed by atoms with Crippen LogP contribution in [0, 0.1) is 11.8 Å². The quantitative estimate of drug-likeness (QED) is 0.629. The van der Waals surface area contributed by atoms with Gasteiger partial charge in [-0.15, -0.1) is 0 Å². The number of benzene rings is 1. The second-order valence-electron chi connectivity index (χ2n) is 5.78. The molecule has 2 aliphatic carbocycles. The van der Waals surface area contributed by atoms with Crippen LogP contribution in [0.2, 0.25) is 0 Å². The summed E-state index contributed by atoms with van der Waals surface area (Å²) in [6, 6.07) is 7.41. The zero-order valence-electron chi connectivity index (χ0n) is 11.5. The number of nitrogens with one attached hydrogen (secondary N) is 2. The van der Waals surface area contributed by atoms with Crippen molar-refractivity contribution >= 4 is 34.8 Å². The molecule has 0 aliphatic heterocycles. The molecule has 1 aromatic carbocycles. The van der Waals surface area contributed by atoms with E-state index in [2.05, 4.69) is 10.6 Å². The zero-order valence-corrected chi connectivity index (χ0v) is 13.2. The summed E-state index contributed by atoms with van der Waals surface area (Å²) in [6.07, 6.45) is 5.23. The highest BCUT2D eigenvalue weighted by atomic mass is 32.2. The predicted molar refractivity (Wildman–Crippen MR) is 86.9 cm³/mol. The fraction of sp³-hybridized carbons (Fsp3) is 0.533. The lowest BCUT2D eigenvalue weighted by Gasteiger charge is -2.24. The van der Waals surface area contributed by atoms with Crippen molar-refractivity contribution in [3.63, 3.8) is 0 Å². The minimum Gasteiger partial charge on any atom is -0.359 e. The molecule has 0 radical (unpaired) electrons. The van der Waals surface area contributed by atoms with Gasteiger partial charge in [0, 0.05) is 16.6 Å². The average molecular weight is 328 g/mol. The minimum atomic E-state index is -2.38. The first-order valence-electron chi connectivity index (χ1n) is 7.22. The predicted octanol–water partition coefficient (Wildman–Crippen LogP) is 4.48. The number of thioether (sulfide) groups is 1. The third kappa shape index (κ3) is 3.86. The third-order valence-electron chi connectivity index (χ3n) is 4.39. The van der Waals surface area contributed by atoms with Crippen LogP contribution in [0.4, 0.5) is 14.5 Å². The molecule has 2 aliphatic rings. The molecule has 0 amide bonds. The van der Waals surface area contributed by atoms with Crippen LogP contribution in [0.15, 0.2) is 29.2 Å². The first kappa shape index (κ1) is 15.0. The van der Waals surface area contributed by atoms with Gasteiger partial charge in [-0.1, -0.05) is 18.2 Å². The molecule has 6 heteroatoms. The van der Waals surface area contributed by atoms with Crippen molar-refractivity contribution in [2.45, 2.75) is 42.4 Å². The van der Waals surface area contributed by atoms with Gasteiger partial charge in [-0.2, -0.15) is 8.78 Å². The number of halogens is 2. The van der Waals surface area contributed by atoms with Gasteiger partial charge in [-0.05, 0) is 67.6 Å². The van der Waals surface area contributed by atoms with Crippen molar-refractivity contribution in [1.29, 1.82) is 0 Å². The molecule has 2 bridgehead atoms. The summed E-state index contributed by atoms with van der Waals surface area (Å²) in [4.78, 5) is 0.558. The van der Waals surface area contributed by atoms with Gasteiger partial charge in [-0.3, -0.25) is 0 Å². The molecule has 0 spiro atoms. The van der Waals surface area contributed by atoms with Crippen LogP contribution in [0.25, 0.3) is 0 Å². The molecule has 0 saturated heterocycles. The second-order valence-corrected chi connectivity index (χ2v) is 7.25. The lowest BCUT2D eigenvalue weighted by Crippen LogP contribution is -2.40. The number of thiocarbonyl (C=S) groups is 1. The van der Waals surface area contributed by atoms with Crippen molar-refractivity contribution in [3.8, 4) is 0 Å². The zero-order chi connectivity index (χ0) is 14.8. The fourth-order valence-electron chi connectivity index (χ4n) is 3.48. The Bertz CT molecular complexity index is 507. The standard InChI is InChI=1S/C15H18F2N2S2/c16-14(17)21-12-5-3-11(4-6-12)18-15(20)19-13-8-9-1-2-10(13)7-9/h3-6,9-10,13-14H,1-2,7-8H2,(H2,18,19,20)/t9-,10-,13+/m1/s1. The summed E-state index contributed by atoms with van der Waals surface area (Å²) in [5.41, 5.74) is 0.828. The third-order valence-corrected chi connectivity index (χ3v) is 5.33. The maximum absolute atomic E-state index is 12.2. The van der Waals surface area contributed by atoms with Gasteiger partial charge in [0.15, 0.2) is 5.11 Å². The first-order chi connectivity index (χ1) is 10.1. The van der Waals surface area contributed by atoms with Gasteiger partial charge >= 0.3 is 0 Å². The van der Waals surface area contributed by atoms with Crippen molar-refractivity contribution < 1.29 is 8.78 Å².